The van der Waals surface area contributed by atoms with E-state index in [1.165, 1.54) is 12.4 Å². The van der Waals surface area contributed by atoms with E-state index in [0.29, 0.717) is 6.54 Å². The molecule has 0 aliphatic heterocycles. The lowest BCUT2D eigenvalue weighted by Gasteiger charge is -2.11. The SMILES string of the molecule is CCNCCn1cc(S(=O)(=O)NC(C)c2cn[nH]c2)cn1. The minimum atomic E-state index is -3.59. The summed E-state index contributed by atoms with van der Waals surface area (Å²) in [6.07, 6.45) is 6.14. The van der Waals surface area contributed by atoms with Gasteiger partial charge < -0.3 is 5.32 Å². The van der Waals surface area contributed by atoms with Gasteiger partial charge in [-0.15, -0.1) is 0 Å². The smallest absolute Gasteiger partial charge is 0.244 e. The van der Waals surface area contributed by atoms with E-state index in [9.17, 15) is 8.42 Å². The highest BCUT2D eigenvalue weighted by molar-refractivity contribution is 7.89. The molecule has 1 unspecified atom stereocenters. The quantitative estimate of drug-likeness (QED) is 0.606. The van der Waals surface area contributed by atoms with E-state index < -0.39 is 10.0 Å². The molecule has 2 rings (SSSR count). The van der Waals surface area contributed by atoms with Crippen LogP contribution in [0.2, 0.25) is 0 Å². The van der Waals surface area contributed by atoms with Gasteiger partial charge in [-0.2, -0.15) is 10.2 Å². The van der Waals surface area contributed by atoms with Crippen molar-refractivity contribution in [3.63, 3.8) is 0 Å². The van der Waals surface area contributed by atoms with Crippen LogP contribution < -0.4 is 10.0 Å². The number of H-pyrrole nitrogens is 1. The Kier molecular flexibility index (Phi) is 5.10. The van der Waals surface area contributed by atoms with Crippen molar-refractivity contribution in [3.05, 3.63) is 30.4 Å². The van der Waals surface area contributed by atoms with Gasteiger partial charge >= 0.3 is 0 Å². The highest BCUT2D eigenvalue weighted by Gasteiger charge is 2.20. The molecule has 9 heteroatoms. The maximum Gasteiger partial charge on any atom is 0.244 e. The summed E-state index contributed by atoms with van der Waals surface area (Å²) >= 11 is 0. The molecule has 0 amide bonds. The molecule has 0 saturated carbocycles. The number of aromatic nitrogens is 4. The summed E-state index contributed by atoms with van der Waals surface area (Å²) in [7, 11) is -3.59. The lowest BCUT2D eigenvalue weighted by Crippen LogP contribution is -2.26. The molecule has 0 aromatic carbocycles. The van der Waals surface area contributed by atoms with Crippen molar-refractivity contribution in [1.82, 2.24) is 30.0 Å². The van der Waals surface area contributed by atoms with Gasteiger partial charge in [0.15, 0.2) is 0 Å². The normalized spacial score (nSPS) is 13.4. The molecule has 0 aliphatic carbocycles. The maximum absolute atomic E-state index is 12.3. The topological polar surface area (TPSA) is 105 Å². The summed E-state index contributed by atoms with van der Waals surface area (Å²) in [4.78, 5) is 0.161. The molecule has 116 valence electrons. The third-order valence-corrected chi connectivity index (χ3v) is 4.53. The lowest BCUT2D eigenvalue weighted by atomic mass is 10.2. The second kappa shape index (κ2) is 6.83. The average molecular weight is 312 g/mol. The number of nitrogens with one attached hydrogen (secondary N) is 3. The number of aromatic amines is 1. The Morgan fingerprint density at radius 1 is 1.43 bits per heavy atom. The molecule has 2 aromatic heterocycles. The van der Waals surface area contributed by atoms with E-state index in [1.807, 2.05) is 6.92 Å². The van der Waals surface area contributed by atoms with Crippen LogP contribution in [-0.2, 0) is 16.6 Å². The van der Waals surface area contributed by atoms with E-state index in [2.05, 4.69) is 25.3 Å². The van der Waals surface area contributed by atoms with Crippen LogP contribution in [0, 0.1) is 0 Å². The molecule has 0 spiro atoms. The number of hydrogen-bond acceptors (Lipinski definition) is 5. The van der Waals surface area contributed by atoms with E-state index in [0.717, 1.165) is 18.7 Å². The number of nitrogens with zero attached hydrogens (tertiary/aromatic N) is 3. The fourth-order valence-electron chi connectivity index (χ4n) is 1.84. The van der Waals surface area contributed by atoms with Crippen LogP contribution in [0.4, 0.5) is 0 Å². The van der Waals surface area contributed by atoms with Gasteiger partial charge in [0.25, 0.3) is 0 Å². The first-order valence-corrected chi connectivity index (χ1v) is 8.25. The zero-order chi connectivity index (χ0) is 15.3. The molecule has 21 heavy (non-hydrogen) atoms. The minimum absolute atomic E-state index is 0.161. The predicted molar refractivity (Wildman–Crippen MR) is 78.1 cm³/mol. The fraction of sp³-hybridized carbons (Fsp3) is 0.500. The van der Waals surface area contributed by atoms with Crippen molar-refractivity contribution in [3.8, 4) is 0 Å². The first kappa shape index (κ1) is 15.7. The summed E-state index contributed by atoms with van der Waals surface area (Å²) in [6, 6.07) is -0.362. The zero-order valence-electron chi connectivity index (χ0n) is 12.1. The van der Waals surface area contributed by atoms with Gasteiger partial charge in [-0.1, -0.05) is 6.92 Å². The monoisotopic (exact) mass is 312 g/mol. The minimum Gasteiger partial charge on any atom is -0.315 e. The molecule has 0 aliphatic rings. The second-order valence-corrected chi connectivity index (χ2v) is 6.38. The van der Waals surface area contributed by atoms with E-state index in [1.54, 1.807) is 24.0 Å². The number of rotatable bonds is 8. The molecule has 0 fully saturated rings. The fourth-order valence-corrected chi connectivity index (χ4v) is 3.03. The highest BCUT2D eigenvalue weighted by atomic mass is 32.2. The first-order chi connectivity index (χ1) is 10.0. The van der Waals surface area contributed by atoms with Gasteiger partial charge in [0.05, 0.1) is 18.9 Å². The van der Waals surface area contributed by atoms with Gasteiger partial charge in [-0.25, -0.2) is 13.1 Å². The Hall–Kier alpha value is -1.71. The van der Waals surface area contributed by atoms with Crippen molar-refractivity contribution in [2.75, 3.05) is 13.1 Å². The average Bonchev–Trinajstić information content (AvgIpc) is 3.10. The van der Waals surface area contributed by atoms with Crippen LogP contribution in [-0.4, -0.2) is 41.5 Å². The van der Waals surface area contributed by atoms with Crippen molar-refractivity contribution in [2.24, 2.45) is 0 Å². The molecular formula is C12H20N6O2S. The van der Waals surface area contributed by atoms with Crippen LogP contribution in [0.25, 0.3) is 0 Å². The third kappa shape index (κ3) is 4.13. The molecule has 0 saturated heterocycles. The van der Waals surface area contributed by atoms with Gasteiger partial charge in [0.2, 0.25) is 10.0 Å². The largest absolute Gasteiger partial charge is 0.315 e. The van der Waals surface area contributed by atoms with Gasteiger partial charge in [0, 0.05) is 30.5 Å². The van der Waals surface area contributed by atoms with Crippen molar-refractivity contribution >= 4 is 10.0 Å². The van der Waals surface area contributed by atoms with Crippen molar-refractivity contribution < 1.29 is 8.42 Å². The van der Waals surface area contributed by atoms with Crippen LogP contribution in [0.5, 0.6) is 0 Å². The summed E-state index contributed by atoms with van der Waals surface area (Å²) < 4.78 is 28.8. The first-order valence-electron chi connectivity index (χ1n) is 6.77. The Labute approximate surface area is 124 Å². The molecule has 8 nitrogen and oxygen atoms in total. The molecule has 0 radical (unpaired) electrons. The molecule has 1 atom stereocenters. The second-order valence-electron chi connectivity index (χ2n) is 4.67. The molecule has 0 bridgehead atoms. The van der Waals surface area contributed by atoms with Crippen LogP contribution >= 0.6 is 0 Å². The molecule has 2 aromatic rings. The van der Waals surface area contributed by atoms with Crippen LogP contribution in [0.3, 0.4) is 0 Å². The summed E-state index contributed by atoms with van der Waals surface area (Å²) in [5, 5.41) is 13.7. The van der Waals surface area contributed by atoms with Crippen molar-refractivity contribution in [2.45, 2.75) is 31.3 Å². The predicted octanol–water partition coefficient (Wildman–Crippen LogP) is 0.255. The Bertz CT molecular complexity index is 649. The Morgan fingerprint density at radius 2 is 2.24 bits per heavy atom. The van der Waals surface area contributed by atoms with Gasteiger partial charge in [-0.05, 0) is 13.5 Å². The van der Waals surface area contributed by atoms with Crippen molar-refractivity contribution in [1.29, 1.82) is 0 Å². The standard InChI is InChI=1S/C12H20N6O2S/c1-3-13-4-5-18-9-12(8-16-18)21(19,20)17-10(2)11-6-14-15-7-11/h6-10,13,17H,3-5H2,1-2H3,(H,14,15). The van der Waals surface area contributed by atoms with Crippen LogP contribution in [0.15, 0.2) is 29.7 Å². The lowest BCUT2D eigenvalue weighted by molar-refractivity contribution is 0.559. The summed E-state index contributed by atoms with van der Waals surface area (Å²) in [5.74, 6) is 0. The molecule has 2 heterocycles. The van der Waals surface area contributed by atoms with Crippen LogP contribution in [0.1, 0.15) is 25.5 Å². The molecular weight excluding hydrogens is 292 g/mol. The Morgan fingerprint density at radius 3 is 2.90 bits per heavy atom. The highest BCUT2D eigenvalue weighted by Crippen LogP contribution is 2.15. The van der Waals surface area contributed by atoms with E-state index in [-0.39, 0.29) is 10.9 Å². The zero-order valence-corrected chi connectivity index (χ0v) is 12.9. The number of sulfonamides is 1. The number of hydrogen-bond donors (Lipinski definition) is 3. The third-order valence-electron chi connectivity index (χ3n) is 3.04. The summed E-state index contributed by atoms with van der Waals surface area (Å²) in [6.45, 7) is 6.02. The summed E-state index contributed by atoms with van der Waals surface area (Å²) in [5.41, 5.74) is 0.776. The van der Waals surface area contributed by atoms with E-state index in [4.69, 9.17) is 0 Å². The van der Waals surface area contributed by atoms with Gasteiger partial charge in [0.1, 0.15) is 4.90 Å². The number of likely N-dealkylation sites (N-methyl/N-ethyl adjacent to an activating group) is 1. The van der Waals surface area contributed by atoms with Gasteiger partial charge in [-0.3, -0.25) is 9.78 Å². The van der Waals surface area contributed by atoms with E-state index >= 15 is 0 Å². The maximum atomic E-state index is 12.3. The molecule has 3 N–H and O–H groups in total. The Balaban J connectivity index is 2.02.